The van der Waals surface area contributed by atoms with Crippen LogP contribution in [0.2, 0.25) is 0 Å². The summed E-state index contributed by atoms with van der Waals surface area (Å²) in [5.74, 6) is 6.10. The normalized spacial score (nSPS) is 11.4. The van der Waals surface area contributed by atoms with E-state index in [2.05, 4.69) is 0 Å². The summed E-state index contributed by atoms with van der Waals surface area (Å²) in [4.78, 5) is 4.93. The summed E-state index contributed by atoms with van der Waals surface area (Å²) in [5.41, 5.74) is 1.01. The van der Waals surface area contributed by atoms with E-state index in [4.69, 9.17) is 15.5 Å². The van der Waals surface area contributed by atoms with Crippen molar-refractivity contribution in [1.29, 1.82) is 0 Å². The molecule has 0 spiro atoms. The van der Waals surface area contributed by atoms with Crippen LogP contribution in [0.3, 0.4) is 0 Å². The molecule has 0 amide bonds. The number of nitrogens with two attached hydrogens (primary N) is 1. The van der Waals surface area contributed by atoms with E-state index in [0.29, 0.717) is 6.61 Å². The zero-order chi connectivity index (χ0) is 11.9. The fourth-order valence-electron chi connectivity index (χ4n) is 1.57. The maximum Gasteiger partial charge on any atom is 0.138 e. The third-order valence-electron chi connectivity index (χ3n) is 2.48. The number of rotatable bonds is 5. The minimum absolute atomic E-state index is 0. The Hall–Kier alpha value is -1.55. The van der Waals surface area contributed by atoms with E-state index >= 15 is 0 Å². The summed E-state index contributed by atoms with van der Waals surface area (Å²) in [6.45, 7) is 0.393. The maximum absolute atomic E-state index is 5.61. The van der Waals surface area contributed by atoms with Gasteiger partial charge in [-0.05, 0) is 17.7 Å². The van der Waals surface area contributed by atoms with Crippen molar-refractivity contribution in [2.75, 3.05) is 6.61 Å². The molecule has 0 heterocycles. The van der Waals surface area contributed by atoms with Crippen LogP contribution in [0.15, 0.2) is 60.7 Å². The predicted molar refractivity (Wildman–Crippen MR) is 73.6 cm³/mol. The fraction of sp³-hybridized carbons (Fsp3) is 0.143. The Morgan fingerprint density at radius 2 is 1.44 bits per heavy atom. The zero-order valence-corrected chi connectivity index (χ0v) is 10.7. The lowest BCUT2D eigenvalue weighted by molar-refractivity contribution is 0.0182. The van der Waals surface area contributed by atoms with Gasteiger partial charge in [0, 0.05) is 0 Å². The molecule has 0 radical (unpaired) electrons. The van der Waals surface area contributed by atoms with E-state index < -0.39 is 0 Å². The van der Waals surface area contributed by atoms with Crippen molar-refractivity contribution in [1.82, 2.24) is 0 Å². The van der Waals surface area contributed by atoms with Gasteiger partial charge in [-0.15, -0.1) is 12.4 Å². The number of halogens is 1. The molecule has 0 saturated carbocycles. The second-order valence-electron chi connectivity index (χ2n) is 3.66. The third kappa shape index (κ3) is 4.04. The van der Waals surface area contributed by atoms with E-state index in [1.807, 2.05) is 60.7 Å². The first kappa shape index (κ1) is 14.5. The molecule has 2 aromatic carbocycles. The van der Waals surface area contributed by atoms with Gasteiger partial charge in [0.15, 0.2) is 0 Å². The molecule has 2 N–H and O–H groups in total. The van der Waals surface area contributed by atoms with Crippen LogP contribution in [-0.2, 0) is 4.84 Å². The summed E-state index contributed by atoms with van der Waals surface area (Å²) < 4.78 is 5.61. The Kier molecular flexibility index (Phi) is 6.22. The van der Waals surface area contributed by atoms with Gasteiger partial charge in [0.2, 0.25) is 0 Å². The van der Waals surface area contributed by atoms with E-state index in [-0.39, 0.29) is 18.5 Å². The highest BCUT2D eigenvalue weighted by Gasteiger charge is 2.11. The maximum atomic E-state index is 5.61. The highest BCUT2D eigenvalue weighted by atomic mass is 35.5. The molecule has 96 valence electrons. The van der Waals surface area contributed by atoms with E-state index in [0.717, 1.165) is 11.3 Å². The molecule has 2 aromatic rings. The topological polar surface area (TPSA) is 44.5 Å². The van der Waals surface area contributed by atoms with Crippen LogP contribution in [0.5, 0.6) is 5.75 Å². The van der Waals surface area contributed by atoms with E-state index in [1.54, 1.807) is 0 Å². The molecule has 1 unspecified atom stereocenters. The smallest absolute Gasteiger partial charge is 0.138 e. The van der Waals surface area contributed by atoms with Crippen LogP contribution >= 0.6 is 12.4 Å². The number of hydrogen-bond acceptors (Lipinski definition) is 3. The molecule has 18 heavy (non-hydrogen) atoms. The second-order valence-corrected chi connectivity index (χ2v) is 3.66. The van der Waals surface area contributed by atoms with Crippen molar-refractivity contribution < 1.29 is 9.57 Å². The largest absolute Gasteiger partial charge is 0.490 e. The quantitative estimate of drug-likeness (QED) is 0.845. The average molecular weight is 266 g/mol. The van der Waals surface area contributed by atoms with Gasteiger partial charge in [-0.1, -0.05) is 48.5 Å². The molecular formula is C14H16ClNO2. The number of hydrogen-bond donors (Lipinski definition) is 1. The Bertz CT molecular complexity index is 436. The van der Waals surface area contributed by atoms with E-state index in [9.17, 15) is 0 Å². The van der Waals surface area contributed by atoms with E-state index in [1.165, 1.54) is 0 Å². The molecule has 4 heteroatoms. The lowest BCUT2D eigenvalue weighted by Gasteiger charge is -2.15. The highest BCUT2D eigenvalue weighted by molar-refractivity contribution is 5.85. The van der Waals surface area contributed by atoms with Crippen molar-refractivity contribution in [3.8, 4) is 5.75 Å². The molecule has 0 aliphatic heterocycles. The van der Waals surface area contributed by atoms with Crippen molar-refractivity contribution in [3.05, 3.63) is 66.2 Å². The molecule has 0 fully saturated rings. The van der Waals surface area contributed by atoms with Crippen molar-refractivity contribution in [2.45, 2.75) is 6.10 Å². The fourth-order valence-corrected chi connectivity index (χ4v) is 1.57. The first-order chi connectivity index (χ1) is 8.40. The molecule has 0 aliphatic carbocycles. The first-order valence-corrected chi connectivity index (χ1v) is 5.48. The second kappa shape index (κ2) is 7.71. The molecule has 0 saturated heterocycles. The highest BCUT2D eigenvalue weighted by Crippen LogP contribution is 2.17. The van der Waals surface area contributed by atoms with Gasteiger partial charge in [-0.25, -0.2) is 5.90 Å². The summed E-state index contributed by atoms with van der Waals surface area (Å²) in [5, 5.41) is 0. The molecule has 1 atom stereocenters. The zero-order valence-electron chi connectivity index (χ0n) is 9.86. The summed E-state index contributed by atoms with van der Waals surface area (Å²) >= 11 is 0. The summed E-state index contributed by atoms with van der Waals surface area (Å²) in [7, 11) is 0. The Morgan fingerprint density at radius 1 is 0.889 bits per heavy atom. The minimum Gasteiger partial charge on any atom is -0.490 e. The predicted octanol–water partition coefficient (Wildman–Crippen LogP) is 3.12. The van der Waals surface area contributed by atoms with Crippen LogP contribution in [-0.4, -0.2) is 6.61 Å². The van der Waals surface area contributed by atoms with Crippen LogP contribution in [0.25, 0.3) is 0 Å². The third-order valence-corrected chi connectivity index (χ3v) is 2.48. The Labute approximate surface area is 113 Å². The van der Waals surface area contributed by atoms with Crippen LogP contribution < -0.4 is 10.6 Å². The molecule has 2 rings (SSSR count). The lowest BCUT2D eigenvalue weighted by Crippen LogP contribution is -2.17. The Balaban J connectivity index is 0.00000162. The minimum atomic E-state index is -0.253. The monoisotopic (exact) mass is 265 g/mol. The van der Waals surface area contributed by atoms with Gasteiger partial charge in [-0.2, -0.15) is 0 Å². The number of ether oxygens (including phenoxy) is 1. The van der Waals surface area contributed by atoms with Gasteiger partial charge in [-0.3, -0.25) is 4.84 Å². The van der Waals surface area contributed by atoms with Crippen molar-refractivity contribution in [3.63, 3.8) is 0 Å². The van der Waals surface area contributed by atoms with Crippen LogP contribution in [0.1, 0.15) is 11.7 Å². The molecular weight excluding hydrogens is 250 g/mol. The van der Waals surface area contributed by atoms with Gasteiger partial charge in [0.1, 0.15) is 18.5 Å². The summed E-state index contributed by atoms with van der Waals surface area (Å²) in [6, 6.07) is 19.4. The van der Waals surface area contributed by atoms with Gasteiger partial charge in [0.05, 0.1) is 0 Å². The molecule has 3 nitrogen and oxygen atoms in total. The molecule has 0 aliphatic rings. The van der Waals surface area contributed by atoms with Crippen molar-refractivity contribution in [2.24, 2.45) is 5.90 Å². The molecule has 0 bridgehead atoms. The number of para-hydroxylation sites is 1. The van der Waals surface area contributed by atoms with Gasteiger partial charge >= 0.3 is 0 Å². The Morgan fingerprint density at radius 3 is 2.00 bits per heavy atom. The SMILES string of the molecule is Cl.NOC(COc1ccccc1)c1ccccc1. The molecule has 0 aromatic heterocycles. The van der Waals surface area contributed by atoms with Gasteiger partial charge < -0.3 is 4.74 Å². The lowest BCUT2D eigenvalue weighted by atomic mass is 10.1. The van der Waals surface area contributed by atoms with Crippen molar-refractivity contribution >= 4 is 12.4 Å². The number of benzene rings is 2. The van der Waals surface area contributed by atoms with Crippen LogP contribution in [0, 0.1) is 0 Å². The average Bonchev–Trinajstić information content (AvgIpc) is 2.42. The standard InChI is InChI=1S/C14H15NO2.ClH/c15-17-14(12-7-3-1-4-8-12)11-16-13-9-5-2-6-10-13;/h1-10,14H,11,15H2;1H. The summed E-state index contributed by atoms with van der Waals surface area (Å²) in [6.07, 6.45) is -0.253. The van der Waals surface area contributed by atoms with Crippen LogP contribution in [0.4, 0.5) is 0 Å². The first-order valence-electron chi connectivity index (χ1n) is 5.48. The van der Waals surface area contributed by atoms with Gasteiger partial charge in [0.25, 0.3) is 0 Å².